The Balaban J connectivity index is 2.12. The Kier molecular flexibility index (Phi) is 18.0. The number of carbonyl (C=O) groups excluding carboxylic acids is 7. The van der Waals surface area contributed by atoms with Crippen molar-refractivity contribution >= 4 is 41.4 Å². The van der Waals surface area contributed by atoms with Crippen LogP contribution in [0.3, 0.4) is 0 Å². The molecule has 0 spiro atoms. The van der Waals surface area contributed by atoms with E-state index in [1.807, 2.05) is 13.8 Å². The molecule has 1 saturated heterocycles. The van der Waals surface area contributed by atoms with Gasteiger partial charge in [-0.2, -0.15) is 0 Å². The topological polar surface area (TPSA) is 255 Å². The summed E-state index contributed by atoms with van der Waals surface area (Å²) in [6.07, 6.45) is 3.57. The van der Waals surface area contributed by atoms with Crippen LogP contribution in [0.4, 0.5) is 0 Å². The minimum absolute atomic E-state index is 0.0536. The first kappa shape index (κ1) is 43.4. The number of phenolic OH excluding ortho intramolecular Hbond substituents is 1. The highest BCUT2D eigenvalue weighted by Gasteiger charge is 2.38. The molecule has 1 fully saturated rings. The van der Waals surface area contributed by atoms with Gasteiger partial charge in [-0.05, 0) is 68.2 Å². The maximum atomic E-state index is 13.8. The zero-order chi connectivity index (χ0) is 39.0. The smallest absolute Gasteiger partial charge is 0.243 e. The van der Waals surface area contributed by atoms with Crippen molar-refractivity contribution in [3.8, 4) is 5.75 Å². The number of aromatic hydroxyl groups is 1. The Morgan fingerprint density at radius 2 is 1.44 bits per heavy atom. The minimum atomic E-state index is -1.04. The molecule has 0 unspecified atom stereocenters. The first-order valence-corrected chi connectivity index (χ1v) is 18.2. The fourth-order valence-electron chi connectivity index (χ4n) is 5.98. The predicted octanol–water partition coefficient (Wildman–Crippen LogP) is -0.292. The second-order valence-corrected chi connectivity index (χ2v) is 13.6. The average molecular weight is 731 g/mol. The first-order chi connectivity index (χ1) is 24.6. The van der Waals surface area contributed by atoms with Gasteiger partial charge in [-0.3, -0.25) is 33.6 Å². The molecule has 290 valence electrons. The van der Waals surface area contributed by atoms with Crippen molar-refractivity contribution in [1.82, 2.24) is 31.5 Å². The van der Waals surface area contributed by atoms with E-state index in [1.54, 1.807) is 26.0 Å². The number of benzene rings is 1. The zero-order valence-electron chi connectivity index (χ0n) is 31.0. The van der Waals surface area contributed by atoms with Gasteiger partial charge in [-0.15, -0.1) is 0 Å². The van der Waals surface area contributed by atoms with Crippen LogP contribution in [0.25, 0.3) is 0 Å². The number of hydrogen-bond acceptors (Lipinski definition) is 9. The summed E-state index contributed by atoms with van der Waals surface area (Å²) in [5.74, 6) is -4.53. The van der Waals surface area contributed by atoms with E-state index in [-0.39, 0.29) is 30.6 Å². The fourth-order valence-corrected chi connectivity index (χ4v) is 5.98. The van der Waals surface area contributed by atoms with Crippen molar-refractivity contribution in [2.24, 2.45) is 23.3 Å². The molecule has 1 aliphatic rings. The van der Waals surface area contributed by atoms with Crippen LogP contribution < -0.4 is 38.1 Å². The average Bonchev–Trinajstić information content (AvgIpc) is 3.61. The van der Waals surface area contributed by atoms with E-state index in [2.05, 4.69) is 26.6 Å². The molecule has 7 amide bonds. The van der Waals surface area contributed by atoms with Crippen LogP contribution in [0.5, 0.6) is 5.75 Å². The number of nitrogens with two attached hydrogens (primary N) is 2. The van der Waals surface area contributed by atoms with Gasteiger partial charge >= 0.3 is 0 Å². The van der Waals surface area contributed by atoms with Crippen molar-refractivity contribution in [3.63, 3.8) is 0 Å². The molecule has 2 rings (SSSR count). The van der Waals surface area contributed by atoms with Gasteiger partial charge < -0.3 is 48.1 Å². The number of rotatable bonds is 21. The molecule has 0 aromatic heterocycles. The van der Waals surface area contributed by atoms with Crippen molar-refractivity contribution in [2.45, 2.75) is 116 Å². The van der Waals surface area contributed by atoms with Gasteiger partial charge in [0.1, 0.15) is 36.0 Å². The highest BCUT2D eigenvalue weighted by Crippen LogP contribution is 2.20. The number of nitrogens with zero attached hydrogens (tertiary/aromatic N) is 1. The SMILES string of the molecule is CC[C@H](C)[C@H](NC(=O)[C@@H](NC(=O)[C@@H]1CCCN1C(=O)CNC(=O)[C@H](Cc1ccc(O)cc1)NC(C)=O)[C@@H](C)CC)C(=O)N[C@@H](CCCCN)C(N)=O. The molecule has 0 saturated carbocycles. The number of primary amides is 1. The molecule has 1 aromatic carbocycles. The molecule has 0 aliphatic carbocycles. The van der Waals surface area contributed by atoms with Crippen LogP contribution >= 0.6 is 0 Å². The van der Waals surface area contributed by atoms with Crippen LogP contribution in [0.2, 0.25) is 0 Å². The van der Waals surface area contributed by atoms with E-state index in [1.165, 1.54) is 24.0 Å². The number of likely N-dealkylation sites (tertiary alicyclic amines) is 1. The van der Waals surface area contributed by atoms with Crippen LogP contribution in [0.15, 0.2) is 24.3 Å². The van der Waals surface area contributed by atoms with Gasteiger partial charge in [0.15, 0.2) is 0 Å². The lowest BCUT2D eigenvalue weighted by Crippen LogP contribution is -2.60. The highest BCUT2D eigenvalue weighted by molar-refractivity contribution is 5.96. The maximum Gasteiger partial charge on any atom is 0.243 e. The minimum Gasteiger partial charge on any atom is -0.508 e. The van der Waals surface area contributed by atoms with Crippen molar-refractivity contribution in [1.29, 1.82) is 0 Å². The fraction of sp³-hybridized carbons (Fsp3) is 0.639. The molecule has 1 aromatic rings. The van der Waals surface area contributed by atoms with Gasteiger partial charge in [0.25, 0.3) is 0 Å². The largest absolute Gasteiger partial charge is 0.508 e. The standard InChI is InChI=1S/C36H58N8O8/c1-6-21(3)30(35(51)41-26(32(38)48)11-8-9-17-37)43-36(52)31(22(4)7-2)42-34(50)28-12-10-18-44(28)29(47)20-39-33(49)27(40-23(5)45)19-24-13-15-25(46)16-14-24/h13-16,21-22,26-28,30-31,46H,6-12,17-20,37H2,1-5H3,(H2,38,48)(H,39,49)(H,40,45)(H,41,51)(H,42,50)(H,43,52)/t21-,22-,26-,27-,28-,30-,31-/m0/s1. The second-order valence-electron chi connectivity index (χ2n) is 13.6. The summed E-state index contributed by atoms with van der Waals surface area (Å²) in [6, 6.07) is 1.30. The lowest BCUT2D eigenvalue weighted by atomic mass is 9.94. The van der Waals surface area contributed by atoms with Crippen LogP contribution in [-0.2, 0) is 40.0 Å². The summed E-state index contributed by atoms with van der Waals surface area (Å²) < 4.78 is 0. The summed E-state index contributed by atoms with van der Waals surface area (Å²) in [7, 11) is 0. The Morgan fingerprint density at radius 3 is 2.00 bits per heavy atom. The third kappa shape index (κ3) is 13.4. The van der Waals surface area contributed by atoms with Crippen molar-refractivity contribution in [2.75, 3.05) is 19.6 Å². The normalized spacial score (nSPS) is 17.4. The Labute approximate surface area is 305 Å². The molecule has 1 aliphatic heterocycles. The van der Waals surface area contributed by atoms with Gasteiger partial charge in [0.05, 0.1) is 6.54 Å². The van der Waals surface area contributed by atoms with Crippen LogP contribution in [0, 0.1) is 11.8 Å². The van der Waals surface area contributed by atoms with E-state index in [4.69, 9.17) is 11.5 Å². The van der Waals surface area contributed by atoms with Crippen LogP contribution in [-0.4, -0.2) is 101 Å². The molecule has 0 radical (unpaired) electrons. The molecule has 0 bridgehead atoms. The zero-order valence-corrected chi connectivity index (χ0v) is 31.0. The number of amides is 7. The van der Waals surface area contributed by atoms with E-state index < -0.39 is 78.1 Å². The van der Waals surface area contributed by atoms with Gasteiger partial charge in [0, 0.05) is 19.9 Å². The number of phenols is 1. The lowest BCUT2D eigenvalue weighted by Gasteiger charge is -2.31. The summed E-state index contributed by atoms with van der Waals surface area (Å²) in [5, 5.41) is 23.0. The maximum absolute atomic E-state index is 13.8. The summed E-state index contributed by atoms with van der Waals surface area (Å²) in [6.45, 7) is 8.85. The summed E-state index contributed by atoms with van der Waals surface area (Å²) >= 11 is 0. The highest BCUT2D eigenvalue weighted by atomic mass is 16.3. The van der Waals surface area contributed by atoms with E-state index >= 15 is 0 Å². The number of carbonyl (C=O) groups is 7. The summed E-state index contributed by atoms with van der Waals surface area (Å²) in [5.41, 5.74) is 11.8. The molecule has 1 heterocycles. The van der Waals surface area contributed by atoms with Gasteiger partial charge in [-0.1, -0.05) is 52.7 Å². The van der Waals surface area contributed by atoms with Crippen LogP contribution in [0.1, 0.15) is 85.1 Å². The van der Waals surface area contributed by atoms with E-state index in [0.29, 0.717) is 57.1 Å². The second kappa shape index (κ2) is 21.6. The molecular weight excluding hydrogens is 672 g/mol. The number of hydrogen-bond donors (Lipinski definition) is 8. The van der Waals surface area contributed by atoms with Crippen molar-refractivity contribution < 1.29 is 38.7 Å². The predicted molar refractivity (Wildman–Crippen MR) is 194 cm³/mol. The first-order valence-electron chi connectivity index (χ1n) is 18.2. The molecule has 7 atom stereocenters. The third-order valence-electron chi connectivity index (χ3n) is 9.55. The van der Waals surface area contributed by atoms with Gasteiger partial charge in [-0.25, -0.2) is 0 Å². The summed E-state index contributed by atoms with van der Waals surface area (Å²) in [4.78, 5) is 92.4. The van der Waals surface area contributed by atoms with Crippen molar-refractivity contribution in [3.05, 3.63) is 29.8 Å². The third-order valence-corrected chi connectivity index (χ3v) is 9.55. The van der Waals surface area contributed by atoms with E-state index in [0.717, 1.165) is 0 Å². The van der Waals surface area contributed by atoms with Gasteiger partial charge in [0.2, 0.25) is 41.4 Å². The molecule has 52 heavy (non-hydrogen) atoms. The molecule has 10 N–H and O–H groups in total. The monoisotopic (exact) mass is 730 g/mol. The molecule has 16 heteroatoms. The molecular formula is C36H58N8O8. The quantitative estimate of drug-likeness (QED) is 0.0773. The Hall–Kier alpha value is -4.73. The lowest BCUT2D eigenvalue weighted by molar-refractivity contribution is -0.140. The van der Waals surface area contributed by atoms with E-state index in [9.17, 15) is 38.7 Å². The Morgan fingerprint density at radius 1 is 0.846 bits per heavy atom. The molecule has 16 nitrogen and oxygen atoms in total. The number of nitrogens with one attached hydrogen (secondary N) is 5. The number of unbranched alkanes of at least 4 members (excludes halogenated alkanes) is 1. The Bertz CT molecular complexity index is 1390.